The fraction of sp³-hybridized carbons (Fsp3) is 0.333. The Kier molecular flexibility index (Phi) is 4.20. The van der Waals surface area contributed by atoms with Gasteiger partial charge in [0.05, 0.1) is 23.5 Å². The lowest BCUT2D eigenvalue weighted by Crippen LogP contribution is -2.09. The predicted molar refractivity (Wildman–Crippen MR) is 102 cm³/mol. The van der Waals surface area contributed by atoms with Gasteiger partial charge in [0, 0.05) is 4.88 Å². The molecule has 0 saturated carbocycles. The first-order chi connectivity index (χ1) is 12.6. The lowest BCUT2D eigenvalue weighted by atomic mass is 9.88. The van der Waals surface area contributed by atoms with E-state index in [9.17, 15) is 10.1 Å². The average molecular weight is 370 g/mol. The molecule has 4 rings (SSSR count). The van der Waals surface area contributed by atoms with E-state index in [2.05, 4.69) is 22.2 Å². The zero-order chi connectivity index (χ0) is 18.3. The van der Waals surface area contributed by atoms with Crippen LogP contribution in [-0.4, -0.2) is 22.0 Å². The van der Waals surface area contributed by atoms with E-state index in [1.165, 1.54) is 36.4 Å². The van der Waals surface area contributed by atoms with Crippen LogP contribution in [0.25, 0.3) is 10.2 Å². The molecule has 134 valence electrons. The van der Waals surface area contributed by atoms with E-state index in [4.69, 9.17) is 4.74 Å². The molecule has 0 radical (unpaired) electrons. The lowest BCUT2D eigenvalue weighted by Gasteiger charge is -2.18. The molecule has 0 saturated heterocycles. The van der Waals surface area contributed by atoms with Gasteiger partial charge in [-0.3, -0.25) is 10.1 Å². The number of nitro benzene ring substituents is 1. The summed E-state index contributed by atoms with van der Waals surface area (Å²) >= 11 is 1.70. The number of anilines is 2. The largest absolute Gasteiger partial charge is 0.496 e. The van der Waals surface area contributed by atoms with Gasteiger partial charge < -0.3 is 10.1 Å². The number of benzene rings is 1. The van der Waals surface area contributed by atoms with Gasteiger partial charge in [-0.05, 0) is 42.9 Å². The maximum atomic E-state index is 11.4. The number of aryl methyl sites for hydroxylation is 1. The Balaban J connectivity index is 1.81. The van der Waals surface area contributed by atoms with Gasteiger partial charge in [0.25, 0.3) is 5.69 Å². The summed E-state index contributed by atoms with van der Waals surface area (Å²) in [5, 5.41) is 15.6. The van der Waals surface area contributed by atoms with Crippen LogP contribution in [0.2, 0.25) is 0 Å². The van der Waals surface area contributed by atoms with Gasteiger partial charge in [0.1, 0.15) is 28.4 Å². The third kappa shape index (κ3) is 2.86. The Morgan fingerprint density at radius 1 is 1.38 bits per heavy atom. The van der Waals surface area contributed by atoms with Gasteiger partial charge in [0.15, 0.2) is 0 Å². The van der Waals surface area contributed by atoms with Crippen LogP contribution in [0, 0.1) is 16.0 Å². The molecule has 3 aromatic rings. The predicted octanol–water partition coefficient (Wildman–Crippen LogP) is 4.48. The van der Waals surface area contributed by atoms with Crippen molar-refractivity contribution in [2.45, 2.75) is 26.2 Å². The first kappa shape index (κ1) is 16.7. The minimum Gasteiger partial charge on any atom is -0.496 e. The molecule has 0 fully saturated rings. The zero-order valence-corrected chi connectivity index (χ0v) is 15.3. The molecule has 0 aliphatic heterocycles. The molecule has 2 aromatic heterocycles. The molecule has 1 unspecified atom stereocenters. The number of nitro groups is 1. The highest BCUT2D eigenvalue weighted by atomic mass is 32.1. The van der Waals surface area contributed by atoms with E-state index < -0.39 is 4.92 Å². The average Bonchev–Trinajstić information content (AvgIpc) is 3.00. The molecule has 1 atom stereocenters. The third-order valence-corrected chi connectivity index (χ3v) is 5.94. The van der Waals surface area contributed by atoms with Crippen molar-refractivity contribution in [1.29, 1.82) is 0 Å². The normalized spacial score (nSPS) is 16.3. The number of aromatic nitrogens is 2. The van der Waals surface area contributed by atoms with Crippen LogP contribution in [0.5, 0.6) is 5.75 Å². The highest BCUT2D eigenvalue weighted by Crippen LogP contribution is 2.41. The fourth-order valence-corrected chi connectivity index (χ4v) is 4.58. The van der Waals surface area contributed by atoms with Gasteiger partial charge in [-0.1, -0.05) is 6.92 Å². The summed E-state index contributed by atoms with van der Waals surface area (Å²) in [4.78, 5) is 22.1. The van der Waals surface area contributed by atoms with Crippen molar-refractivity contribution in [3.63, 3.8) is 0 Å². The quantitative estimate of drug-likeness (QED) is 0.538. The monoisotopic (exact) mass is 370 g/mol. The van der Waals surface area contributed by atoms with Crippen molar-refractivity contribution < 1.29 is 9.66 Å². The van der Waals surface area contributed by atoms with E-state index in [0.717, 1.165) is 23.1 Å². The topological polar surface area (TPSA) is 90.2 Å². The maximum Gasteiger partial charge on any atom is 0.296 e. The smallest absolute Gasteiger partial charge is 0.296 e. The van der Waals surface area contributed by atoms with Gasteiger partial charge in [-0.2, -0.15) is 0 Å². The fourth-order valence-electron chi connectivity index (χ4n) is 3.40. The number of thiophene rings is 1. The summed E-state index contributed by atoms with van der Waals surface area (Å²) in [6.45, 7) is 2.25. The maximum absolute atomic E-state index is 11.4. The molecule has 7 nitrogen and oxygen atoms in total. The Bertz CT molecular complexity index is 1000. The summed E-state index contributed by atoms with van der Waals surface area (Å²) in [5.74, 6) is 1.68. The number of hydrogen-bond donors (Lipinski definition) is 1. The molecule has 1 aliphatic carbocycles. The van der Waals surface area contributed by atoms with Gasteiger partial charge in [0.2, 0.25) is 0 Å². The first-order valence-corrected chi connectivity index (χ1v) is 9.23. The number of nitrogens with one attached hydrogen (secondary N) is 1. The van der Waals surface area contributed by atoms with Crippen LogP contribution in [0.1, 0.15) is 23.8 Å². The van der Waals surface area contributed by atoms with Crippen LogP contribution in [0.15, 0.2) is 24.5 Å². The van der Waals surface area contributed by atoms with Crippen molar-refractivity contribution in [3.8, 4) is 5.75 Å². The molecular weight excluding hydrogens is 352 g/mol. The summed E-state index contributed by atoms with van der Waals surface area (Å²) in [6.07, 6.45) is 4.73. The number of rotatable bonds is 4. The molecule has 0 spiro atoms. The van der Waals surface area contributed by atoms with E-state index in [1.807, 2.05) is 0 Å². The highest BCUT2D eigenvalue weighted by Gasteiger charge is 2.24. The molecule has 26 heavy (non-hydrogen) atoms. The van der Waals surface area contributed by atoms with Crippen LogP contribution in [0.4, 0.5) is 17.2 Å². The molecule has 1 aromatic carbocycles. The summed E-state index contributed by atoms with van der Waals surface area (Å²) in [5.41, 5.74) is 1.62. The highest BCUT2D eigenvalue weighted by molar-refractivity contribution is 7.19. The standard InChI is InChI=1S/C18H18N4O3S/c1-10-3-6-15-12(7-10)16-17(19-9-20-18(16)26-15)21-13-5-4-11(25-2)8-14(13)22(23)24/h4-5,8-10H,3,6-7H2,1-2H3,(H,19,20,21). The van der Waals surface area contributed by atoms with E-state index in [0.29, 0.717) is 23.2 Å². The first-order valence-electron chi connectivity index (χ1n) is 8.41. The van der Waals surface area contributed by atoms with Crippen LogP contribution in [0.3, 0.4) is 0 Å². The SMILES string of the molecule is COc1ccc(Nc2ncnc3sc4c(c23)CC(C)CC4)c([N+](=O)[O-])c1. The van der Waals surface area contributed by atoms with E-state index >= 15 is 0 Å². The Morgan fingerprint density at radius 2 is 2.23 bits per heavy atom. The Morgan fingerprint density at radius 3 is 3.00 bits per heavy atom. The van der Waals surface area contributed by atoms with Crippen molar-refractivity contribution in [2.75, 3.05) is 12.4 Å². The minimum absolute atomic E-state index is 0.0476. The lowest BCUT2D eigenvalue weighted by molar-refractivity contribution is -0.384. The zero-order valence-electron chi connectivity index (χ0n) is 14.5. The van der Waals surface area contributed by atoms with Crippen molar-refractivity contribution in [3.05, 3.63) is 45.1 Å². The summed E-state index contributed by atoms with van der Waals surface area (Å²) in [7, 11) is 1.49. The van der Waals surface area contributed by atoms with E-state index in [-0.39, 0.29) is 5.69 Å². The van der Waals surface area contributed by atoms with E-state index in [1.54, 1.807) is 23.5 Å². The van der Waals surface area contributed by atoms with Crippen molar-refractivity contribution in [2.24, 2.45) is 5.92 Å². The van der Waals surface area contributed by atoms with Gasteiger partial charge in [-0.15, -0.1) is 11.3 Å². The number of fused-ring (bicyclic) bond motifs is 3. The van der Waals surface area contributed by atoms with Gasteiger partial charge >= 0.3 is 0 Å². The molecule has 0 bridgehead atoms. The molecular formula is C18H18N4O3S. The number of hydrogen-bond acceptors (Lipinski definition) is 7. The molecule has 1 aliphatic rings. The Labute approximate surface area is 154 Å². The second-order valence-corrected chi connectivity index (χ2v) is 7.60. The second kappa shape index (κ2) is 6.53. The van der Waals surface area contributed by atoms with Crippen molar-refractivity contribution in [1.82, 2.24) is 9.97 Å². The minimum atomic E-state index is -0.422. The number of ether oxygens (including phenoxy) is 1. The van der Waals surface area contributed by atoms with Crippen LogP contribution in [-0.2, 0) is 12.8 Å². The third-order valence-electron chi connectivity index (χ3n) is 4.74. The number of methoxy groups -OCH3 is 1. The van der Waals surface area contributed by atoms with Gasteiger partial charge in [-0.25, -0.2) is 9.97 Å². The molecule has 0 amide bonds. The summed E-state index contributed by atoms with van der Waals surface area (Å²) < 4.78 is 5.10. The molecule has 8 heteroatoms. The van der Waals surface area contributed by atoms with Crippen LogP contribution >= 0.6 is 11.3 Å². The van der Waals surface area contributed by atoms with Crippen LogP contribution < -0.4 is 10.1 Å². The molecule has 2 heterocycles. The van der Waals surface area contributed by atoms with Crippen molar-refractivity contribution >= 4 is 38.7 Å². The number of nitrogens with zero attached hydrogens (tertiary/aromatic N) is 3. The second-order valence-electron chi connectivity index (χ2n) is 6.52. The molecule has 1 N–H and O–H groups in total. The Hall–Kier alpha value is -2.74. The summed E-state index contributed by atoms with van der Waals surface area (Å²) in [6, 6.07) is 4.75.